The summed E-state index contributed by atoms with van der Waals surface area (Å²) in [4.78, 5) is 21.7. The minimum Gasteiger partial charge on any atom is -0.352 e. The molecule has 0 unspecified atom stereocenters. The number of nitrogens with zero attached hydrogens (tertiary/aromatic N) is 4. The lowest BCUT2D eigenvalue weighted by molar-refractivity contribution is -0.120. The van der Waals surface area contributed by atoms with E-state index in [0.29, 0.717) is 34.9 Å². The summed E-state index contributed by atoms with van der Waals surface area (Å²) >= 11 is 7.72. The van der Waals surface area contributed by atoms with Crippen LogP contribution in [-0.4, -0.2) is 37.3 Å². The van der Waals surface area contributed by atoms with Crippen molar-refractivity contribution in [2.45, 2.75) is 64.6 Å². The van der Waals surface area contributed by atoms with Crippen molar-refractivity contribution in [2.24, 2.45) is 11.8 Å². The van der Waals surface area contributed by atoms with E-state index in [1.165, 1.54) is 24.6 Å². The quantitative estimate of drug-likeness (QED) is 0.511. The minimum atomic E-state index is 0.0417. The van der Waals surface area contributed by atoms with Crippen molar-refractivity contribution in [3.8, 4) is 0 Å². The highest BCUT2D eigenvalue weighted by Gasteiger charge is 2.28. The molecule has 0 aliphatic heterocycles. The molecule has 1 aliphatic rings. The summed E-state index contributed by atoms with van der Waals surface area (Å²) in [5.41, 5.74) is 4.04. The summed E-state index contributed by atoms with van der Waals surface area (Å²) in [7, 11) is 0. The lowest BCUT2D eigenvalue weighted by atomic mass is 9.78. The summed E-state index contributed by atoms with van der Waals surface area (Å²) in [5.74, 6) is 2.07. The zero-order chi connectivity index (χ0) is 22.8. The number of hydrogen-bond donors (Lipinski definition) is 1. The van der Waals surface area contributed by atoms with Crippen LogP contribution in [0.15, 0.2) is 29.4 Å². The molecule has 4 rings (SSSR count). The van der Waals surface area contributed by atoms with Crippen molar-refractivity contribution in [2.75, 3.05) is 5.75 Å². The molecule has 1 aliphatic carbocycles. The Bertz CT molecular complexity index is 1130. The van der Waals surface area contributed by atoms with E-state index in [1.54, 1.807) is 4.52 Å². The fraction of sp³-hybridized carbons (Fsp3) is 0.500. The highest BCUT2D eigenvalue weighted by Crippen LogP contribution is 2.29. The second-order valence-electron chi connectivity index (χ2n) is 8.87. The van der Waals surface area contributed by atoms with Crippen LogP contribution in [0.3, 0.4) is 0 Å². The average molecular weight is 472 g/mol. The molecule has 2 heterocycles. The lowest BCUT2D eigenvalue weighted by Gasteiger charge is -2.34. The van der Waals surface area contributed by atoms with Crippen LogP contribution in [0, 0.1) is 25.7 Å². The molecule has 3 aromatic rings. The smallest absolute Gasteiger partial charge is 0.253 e. The number of aromatic nitrogens is 4. The zero-order valence-electron chi connectivity index (χ0n) is 19.1. The first-order valence-corrected chi connectivity index (χ1v) is 12.6. The molecule has 1 fully saturated rings. The van der Waals surface area contributed by atoms with Crippen molar-refractivity contribution in [3.05, 3.63) is 51.8 Å². The van der Waals surface area contributed by atoms with E-state index in [0.717, 1.165) is 34.0 Å². The predicted octanol–water partition coefficient (Wildman–Crippen LogP) is 5.02. The number of aryl methyl sites for hydroxylation is 2. The van der Waals surface area contributed by atoms with Gasteiger partial charge in [-0.1, -0.05) is 68.3 Å². The summed E-state index contributed by atoms with van der Waals surface area (Å²) in [5, 5.41) is 9.14. The maximum atomic E-state index is 12.5. The topological polar surface area (TPSA) is 72.2 Å². The molecule has 6 nitrogen and oxygen atoms in total. The third-order valence-corrected chi connectivity index (χ3v) is 7.95. The van der Waals surface area contributed by atoms with E-state index in [9.17, 15) is 4.79 Å². The molecule has 8 heteroatoms. The van der Waals surface area contributed by atoms with Gasteiger partial charge in [-0.2, -0.15) is 4.98 Å². The molecule has 2 aromatic heterocycles. The monoisotopic (exact) mass is 471 g/mol. The Balaban J connectivity index is 1.46. The lowest BCUT2D eigenvalue weighted by Crippen LogP contribution is -2.44. The number of carbonyl (C=O) groups excluding carboxylic acids is 1. The van der Waals surface area contributed by atoms with E-state index in [2.05, 4.69) is 34.2 Å². The van der Waals surface area contributed by atoms with Gasteiger partial charge in [0.2, 0.25) is 11.1 Å². The number of benzene rings is 1. The van der Waals surface area contributed by atoms with Gasteiger partial charge in [-0.25, -0.2) is 9.50 Å². The highest BCUT2D eigenvalue weighted by molar-refractivity contribution is 7.99. The predicted molar refractivity (Wildman–Crippen MR) is 129 cm³/mol. The molecule has 0 saturated heterocycles. The van der Waals surface area contributed by atoms with Gasteiger partial charge < -0.3 is 5.32 Å². The number of fused-ring (bicyclic) bond motifs is 1. The Hall–Kier alpha value is -2.12. The fourth-order valence-corrected chi connectivity index (χ4v) is 5.34. The molecule has 1 saturated carbocycles. The summed E-state index contributed by atoms with van der Waals surface area (Å²) in [6.07, 6.45) is 4.17. The Morgan fingerprint density at radius 3 is 2.78 bits per heavy atom. The molecular weight excluding hydrogens is 442 g/mol. The van der Waals surface area contributed by atoms with Gasteiger partial charge in [0.15, 0.2) is 0 Å². The zero-order valence-corrected chi connectivity index (χ0v) is 20.6. The first kappa shape index (κ1) is 23.1. The molecule has 1 N–H and O–H groups in total. The van der Waals surface area contributed by atoms with Gasteiger partial charge in [0, 0.05) is 28.9 Å². The molecule has 3 atom stereocenters. The third-order valence-electron chi connectivity index (χ3n) is 6.74. The third kappa shape index (κ3) is 4.94. The van der Waals surface area contributed by atoms with Crippen molar-refractivity contribution < 1.29 is 4.79 Å². The SMILES string of the molecule is Cc1nc2nc(SCC(=O)N[C@@H]3CCC[C@H](C)[C@@H]3C)nn2c(C)c1Cc1ccccc1Cl. The number of halogens is 1. The van der Waals surface area contributed by atoms with Crippen LogP contribution in [0.5, 0.6) is 0 Å². The molecule has 170 valence electrons. The maximum absolute atomic E-state index is 12.5. The fourth-order valence-electron chi connectivity index (χ4n) is 4.50. The van der Waals surface area contributed by atoms with Gasteiger partial charge in [-0.15, -0.1) is 5.10 Å². The van der Waals surface area contributed by atoms with Gasteiger partial charge >= 0.3 is 0 Å². The standard InChI is InChI=1S/C24H30ClN5OS/c1-14-8-7-11-21(15(14)2)27-22(31)13-32-24-28-23-26-16(3)19(17(4)30(23)29-24)12-18-9-5-6-10-20(18)25/h5-6,9-10,14-15,21H,7-8,11-13H2,1-4H3,(H,27,31)/t14-,15-,21+/m0/s1. The first-order chi connectivity index (χ1) is 15.3. The summed E-state index contributed by atoms with van der Waals surface area (Å²) in [6.45, 7) is 8.52. The van der Waals surface area contributed by atoms with Crippen LogP contribution in [0.4, 0.5) is 0 Å². The van der Waals surface area contributed by atoms with Crippen molar-refractivity contribution in [1.82, 2.24) is 24.9 Å². The number of rotatable bonds is 6. The average Bonchev–Trinajstić information content (AvgIpc) is 3.17. The molecule has 1 aromatic carbocycles. The molecular formula is C24H30ClN5OS. The van der Waals surface area contributed by atoms with Gasteiger partial charge in [-0.3, -0.25) is 4.79 Å². The number of carbonyl (C=O) groups is 1. The molecule has 0 bridgehead atoms. The van der Waals surface area contributed by atoms with Crippen molar-refractivity contribution >= 4 is 35.0 Å². The van der Waals surface area contributed by atoms with Crippen LogP contribution < -0.4 is 5.32 Å². The number of amides is 1. The summed E-state index contributed by atoms with van der Waals surface area (Å²) < 4.78 is 1.77. The normalized spacial score (nSPS) is 21.1. The van der Waals surface area contributed by atoms with Gasteiger partial charge in [-0.05, 0) is 49.3 Å². The van der Waals surface area contributed by atoms with E-state index in [4.69, 9.17) is 11.6 Å². The number of hydrogen-bond acceptors (Lipinski definition) is 5. The molecule has 1 amide bonds. The minimum absolute atomic E-state index is 0.0417. The van der Waals surface area contributed by atoms with Gasteiger partial charge in [0.1, 0.15) is 0 Å². The second kappa shape index (κ2) is 9.79. The Morgan fingerprint density at radius 2 is 2.00 bits per heavy atom. The Morgan fingerprint density at radius 1 is 1.22 bits per heavy atom. The van der Waals surface area contributed by atoms with E-state index in [1.807, 2.05) is 38.1 Å². The Labute approximate surface area is 198 Å². The van der Waals surface area contributed by atoms with E-state index < -0.39 is 0 Å². The van der Waals surface area contributed by atoms with Crippen LogP contribution in [0.1, 0.15) is 55.6 Å². The van der Waals surface area contributed by atoms with Crippen LogP contribution in [-0.2, 0) is 11.2 Å². The summed E-state index contributed by atoms with van der Waals surface area (Å²) in [6, 6.07) is 8.11. The van der Waals surface area contributed by atoms with Crippen molar-refractivity contribution in [1.29, 1.82) is 0 Å². The largest absolute Gasteiger partial charge is 0.352 e. The number of thioether (sulfide) groups is 1. The van der Waals surface area contributed by atoms with E-state index >= 15 is 0 Å². The van der Waals surface area contributed by atoms with Crippen LogP contribution in [0.2, 0.25) is 5.02 Å². The molecule has 32 heavy (non-hydrogen) atoms. The first-order valence-electron chi connectivity index (χ1n) is 11.2. The van der Waals surface area contributed by atoms with Gasteiger partial charge in [0.25, 0.3) is 5.78 Å². The van der Waals surface area contributed by atoms with Crippen molar-refractivity contribution in [3.63, 3.8) is 0 Å². The Kier molecular flexibility index (Phi) is 7.05. The number of nitrogens with one attached hydrogen (secondary N) is 1. The second-order valence-corrected chi connectivity index (χ2v) is 10.2. The highest BCUT2D eigenvalue weighted by atomic mass is 35.5. The van der Waals surface area contributed by atoms with Gasteiger partial charge in [0.05, 0.1) is 5.75 Å². The molecule has 0 spiro atoms. The van der Waals surface area contributed by atoms with Crippen LogP contribution in [0.25, 0.3) is 5.78 Å². The maximum Gasteiger partial charge on any atom is 0.253 e. The van der Waals surface area contributed by atoms with Crippen LogP contribution >= 0.6 is 23.4 Å². The van der Waals surface area contributed by atoms with E-state index in [-0.39, 0.29) is 11.9 Å². The molecule has 0 radical (unpaired) electrons.